The number of aryl methyl sites for hydroxylation is 1. The topological polar surface area (TPSA) is 66.0 Å². The fourth-order valence-corrected chi connectivity index (χ4v) is 3.91. The molecule has 1 spiro atoms. The summed E-state index contributed by atoms with van der Waals surface area (Å²) in [6, 6.07) is 11.2. The first-order valence-electron chi connectivity index (χ1n) is 9.64. The molecule has 0 unspecified atom stereocenters. The fraction of sp³-hybridized carbons (Fsp3) is 0.409. The molecule has 0 bridgehead atoms. The average Bonchev–Trinajstić information content (AvgIpc) is 3.31. The van der Waals surface area contributed by atoms with Crippen molar-refractivity contribution < 1.29 is 23.7 Å². The highest BCUT2D eigenvalue weighted by Crippen LogP contribution is 2.47. The van der Waals surface area contributed by atoms with E-state index in [1.165, 1.54) is 0 Å². The van der Waals surface area contributed by atoms with E-state index in [2.05, 4.69) is 5.32 Å². The SMILES string of the molecule is COc1cccc(CCC(=O)Nc2ccc3c(c2)OC2(CCCC2)O3)c1OC. The van der Waals surface area contributed by atoms with Crippen LogP contribution in [0, 0.1) is 0 Å². The minimum atomic E-state index is -0.492. The van der Waals surface area contributed by atoms with Crippen molar-refractivity contribution in [3.05, 3.63) is 42.0 Å². The Balaban J connectivity index is 1.38. The molecule has 1 fully saturated rings. The molecule has 2 aromatic rings. The third-order valence-electron chi connectivity index (χ3n) is 5.29. The number of anilines is 1. The maximum absolute atomic E-state index is 12.4. The number of benzene rings is 2. The van der Waals surface area contributed by atoms with Gasteiger partial charge >= 0.3 is 0 Å². The van der Waals surface area contributed by atoms with Crippen molar-refractivity contribution in [3.8, 4) is 23.0 Å². The van der Waals surface area contributed by atoms with Crippen molar-refractivity contribution in [3.63, 3.8) is 0 Å². The number of carbonyl (C=O) groups is 1. The maximum Gasteiger partial charge on any atom is 0.251 e. The third-order valence-corrected chi connectivity index (χ3v) is 5.29. The zero-order chi connectivity index (χ0) is 19.6. The van der Waals surface area contributed by atoms with Gasteiger partial charge in [0.25, 0.3) is 5.79 Å². The molecule has 0 atom stereocenters. The maximum atomic E-state index is 12.4. The smallest absolute Gasteiger partial charge is 0.251 e. The van der Waals surface area contributed by atoms with Crippen molar-refractivity contribution in [2.45, 2.75) is 44.3 Å². The van der Waals surface area contributed by atoms with Crippen LogP contribution in [-0.4, -0.2) is 25.9 Å². The number of rotatable bonds is 6. The second kappa shape index (κ2) is 7.62. The summed E-state index contributed by atoms with van der Waals surface area (Å²) in [6.45, 7) is 0. The summed E-state index contributed by atoms with van der Waals surface area (Å²) in [5, 5.41) is 2.94. The number of hydrogen-bond donors (Lipinski definition) is 1. The molecular formula is C22H25NO5. The molecular weight excluding hydrogens is 358 g/mol. The summed E-state index contributed by atoms with van der Waals surface area (Å²) >= 11 is 0. The third kappa shape index (κ3) is 3.59. The fourth-order valence-electron chi connectivity index (χ4n) is 3.91. The van der Waals surface area contributed by atoms with Crippen LogP contribution in [0.4, 0.5) is 5.69 Å². The number of fused-ring (bicyclic) bond motifs is 1. The van der Waals surface area contributed by atoms with Gasteiger partial charge in [-0.3, -0.25) is 4.79 Å². The molecule has 0 aromatic heterocycles. The monoisotopic (exact) mass is 383 g/mol. The molecule has 6 nitrogen and oxygen atoms in total. The van der Waals surface area contributed by atoms with Gasteiger partial charge in [0.1, 0.15) is 0 Å². The van der Waals surface area contributed by atoms with E-state index in [4.69, 9.17) is 18.9 Å². The lowest BCUT2D eigenvalue weighted by molar-refractivity contribution is -0.116. The number of hydrogen-bond acceptors (Lipinski definition) is 5. The lowest BCUT2D eigenvalue weighted by Crippen LogP contribution is -2.34. The zero-order valence-electron chi connectivity index (χ0n) is 16.2. The van der Waals surface area contributed by atoms with Crippen LogP contribution in [0.3, 0.4) is 0 Å². The average molecular weight is 383 g/mol. The predicted octanol–water partition coefficient (Wildman–Crippen LogP) is 4.32. The van der Waals surface area contributed by atoms with Crippen LogP contribution >= 0.6 is 0 Å². The van der Waals surface area contributed by atoms with Crippen molar-refractivity contribution in [2.24, 2.45) is 0 Å². The highest BCUT2D eigenvalue weighted by molar-refractivity contribution is 5.91. The first kappa shape index (κ1) is 18.5. The normalized spacial score (nSPS) is 16.2. The Morgan fingerprint density at radius 3 is 2.61 bits per heavy atom. The highest BCUT2D eigenvalue weighted by Gasteiger charge is 2.44. The molecule has 1 amide bonds. The number of carbonyl (C=O) groups excluding carboxylic acids is 1. The molecule has 2 aromatic carbocycles. The Labute approximate surface area is 164 Å². The summed E-state index contributed by atoms with van der Waals surface area (Å²) in [7, 11) is 3.20. The molecule has 1 aliphatic heterocycles. The number of nitrogens with one attached hydrogen (secondary N) is 1. The van der Waals surface area contributed by atoms with Crippen molar-refractivity contribution >= 4 is 11.6 Å². The predicted molar refractivity (Wildman–Crippen MR) is 105 cm³/mol. The number of para-hydroxylation sites is 1. The van der Waals surface area contributed by atoms with Gasteiger partial charge in [0, 0.05) is 31.0 Å². The van der Waals surface area contributed by atoms with Gasteiger partial charge in [0.2, 0.25) is 5.91 Å². The van der Waals surface area contributed by atoms with Crippen molar-refractivity contribution in [1.82, 2.24) is 0 Å². The Morgan fingerprint density at radius 1 is 1.07 bits per heavy atom. The molecule has 1 heterocycles. The van der Waals surface area contributed by atoms with E-state index in [1.807, 2.05) is 36.4 Å². The van der Waals surface area contributed by atoms with E-state index in [-0.39, 0.29) is 5.91 Å². The minimum absolute atomic E-state index is 0.0701. The van der Waals surface area contributed by atoms with Crippen LogP contribution < -0.4 is 24.3 Å². The lowest BCUT2D eigenvalue weighted by Gasteiger charge is -2.21. The van der Waals surface area contributed by atoms with Crippen LogP contribution in [0.5, 0.6) is 23.0 Å². The van der Waals surface area contributed by atoms with E-state index in [1.54, 1.807) is 14.2 Å². The molecule has 1 N–H and O–H groups in total. The largest absolute Gasteiger partial charge is 0.493 e. The molecule has 6 heteroatoms. The summed E-state index contributed by atoms with van der Waals surface area (Å²) < 4.78 is 22.8. The molecule has 1 saturated carbocycles. The second-order valence-corrected chi connectivity index (χ2v) is 7.18. The quantitative estimate of drug-likeness (QED) is 0.805. The first-order valence-corrected chi connectivity index (χ1v) is 9.64. The van der Waals surface area contributed by atoms with Crippen LogP contribution in [0.1, 0.15) is 37.7 Å². The summed E-state index contributed by atoms with van der Waals surface area (Å²) in [4.78, 5) is 12.4. The van der Waals surface area contributed by atoms with Crippen molar-refractivity contribution in [2.75, 3.05) is 19.5 Å². The van der Waals surface area contributed by atoms with Gasteiger partial charge in [-0.25, -0.2) is 0 Å². The lowest BCUT2D eigenvalue weighted by atomic mass is 10.1. The summed E-state index contributed by atoms with van der Waals surface area (Å²) in [6.07, 6.45) is 4.94. The van der Waals surface area contributed by atoms with E-state index in [0.29, 0.717) is 35.8 Å². The van der Waals surface area contributed by atoms with E-state index >= 15 is 0 Å². The Bertz CT molecular complexity index is 873. The standard InChI is InChI=1S/C22H25NO5/c1-25-18-7-5-6-15(21(18)26-2)8-11-20(24)23-16-9-10-17-19(14-16)28-22(27-17)12-3-4-13-22/h5-7,9-10,14H,3-4,8,11-13H2,1-2H3,(H,23,24). The second-order valence-electron chi connectivity index (χ2n) is 7.18. The van der Waals surface area contributed by atoms with Gasteiger partial charge in [0.05, 0.1) is 14.2 Å². The van der Waals surface area contributed by atoms with Crippen LogP contribution in [-0.2, 0) is 11.2 Å². The van der Waals surface area contributed by atoms with E-state index < -0.39 is 5.79 Å². The Kier molecular flexibility index (Phi) is 5.03. The zero-order valence-corrected chi connectivity index (χ0v) is 16.2. The molecule has 4 rings (SSSR count). The molecule has 1 aliphatic carbocycles. The van der Waals surface area contributed by atoms with Gasteiger partial charge < -0.3 is 24.3 Å². The van der Waals surface area contributed by atoms with Crippen molar-refractivity contribution in [1.29, 1.82) is 0 Å². The van der Waals surface area contributed by atoms with Gasteiger partial charge in [0.15, 0.2) is 23.0 Å². The van der Waals surface area contributed by atoms with E-state index in [0.717, 1.165) is 37.0 Å². The summed E-state index contributed by atoms with van der Waals surface area (Å²) in [5.74, 6) is 2.22. The Morgan fingerprint density at radius 2 is 1.86 bits per heavy atom. The van der Waals surface area contributed by atoms with Gasteiger partial charge in [-0.15, -0.1) is 0 Å². The molecule has 0 radical (unpaired) electrons. The molecule has 2 aliphatic rings. The first-order chi connectivity index (χ1) is 13.6. The van der Waals surface area contributed by atoms with Gasteiger partial charge in [-0.05, 0) is 43.0 Å². The number of methoxy groups -OCH3 is 2. The van der Waals surface area contributed by atoms with Crippen LogP contribution in [0.15, 0.2) is 36.4 Å². The number of ether oxygens (including phenoxy) is 4. The highest BCUT2D eigenvalue weighted by atomic mass is 16.7. The molecule has 148 valence electrons. The van der Waals surface area contributed by atoms with Crippen LogP contribution in [0.2, 0.25) is 0 Å². The molecule has 0 saturated heterocycles. The molecule has 28 heavy (non-hydrogen) atoms. The minimum Gasteiger partial charge on any atom is -0.493 e. The van der Waals surface area contributed by atoms with Gasteiger partial charge in [-0.1, -0.05) is 12.1 Å². The summed E-state index contributed by atoms with van der Waals surface area (Å²) in [5.41, 5.74) is 1.64. The van der Waals surface area contributed by atoms with Gasteiger partial charge in [-0.2, -0.15) is 0 Å². The van der Waals surface area contributed by atoms with E-state index in [9.17, 15) is 4.79 Å². The Hall–Kier alpha value is -2.89. The number of amides is 1. The van der Waals surface area contributed by atoms with Crippen LogP contribution in [0.25, 0.3) is 0 Å².